The summed E-state index contributed by atoms with van der Waals surface area (Å²) >= 11 is 0. The van der Waals surface area contributed by atoms with Crippen molar-refractivity contribution in [3.05, 3.63) is 41.7 Å². The number of ether oxygens (including phenoxy) is 2. The molecule has 1 aromatic rings. The predicted molar refractivity (Wildman–Crippen MR) is 114 cm³/mol. The molecule has 1 N–H and O–H groups in total. The fraction of sp³-hybridized carbons (Fsp3) is 0.591. The first-order valence-electron chi connectivity index (χ1n) is 10.6. The maximum atomic E-state index is 12.9. The first-order chi connectivity index (χ1) is 14.3. The second-order valence-corrected chi connectivity index (χ2v) is 10.5. The van der Waals surface area contributed by atoms with E-state index in [1.54, 1.807) is 4.90 Å². The molecule has 2 fully saturated rings. The first kappa shape index (κ1) is 21.3. The lowest BCUT2D eigenvalue weighted by Gasteiger charge is -2.33. The standard InChI is InChI=1S/C22H30N2O5S/c1-15-13-20(23-30(2,26)27)21-14-29-18-9-7-17(8-10-18)19-6-4-3-5-16(19)11-12-28-22(25)24(15)21/h3-6,11-12,15,17-18,20-21,23H,7-10,13-14H2,1-2H3/b12-11+/t15-,17?,18?,20+,21+/m1/s1. The minimum Gasteiger partial charge on any atom is -0.418 e. The highest BCUT2D eigenvalue weighted by molar-refractivity contribution is 7.88. The fourth-order valence-electron chi connectivity index (χ4n) is 5.11. The Balaban J connectivity index is 1.63. The van der Waals surface area contributed by atoms with Gasteiger partial charge in [0.05, 0.1) is 31.3 Å². The summed E-state index contributed by atoms with van der Waals surface area (Å²) in [7, 11) is -3.40. The Labute approximate surface area is 178 Å². The Morgan fingerprint density at radius 3 is 2.60 bits per heavy atom. The second kappa shape index (κ2) is 8.69. The Kier molecular flexibility index (Phi) is 6.18. The second-order valence-electron chi connectivity index (χ2n) is 8.68. The zero-order chi connectivity index (χ0) is 21.3. The van der Waals surface area contributed by atoms with Gasteiger partial charge in [-0.15, -0.1) is 0 Å². The summed E-state index contributed by atoms with van der Waals surface area (Å²) in [6.07, 6.45) is 8.61. The molecule has 0 unspecified atom stereocenters. The molecule has 3 atom stereocenters. The molecule has 0 spiro atoms. The van der Waals surface area contributed by atoms with Gasteiger partial charge >= 0.3 is 6.09 Å². The number of benzene rings is 1. The monoisotopic (exact) mass is 434 g/mol. The van der Waals surface area contributed by atoms with Gasteiger partial charge in [-0.25, -0.2) is 17.9 Å². The van der Waals surface area contributed by atoms with Crippen molar-refractivity contribution in [2.24, 2.45) is 0 Å². The molecule has 1 amide bonds. The van der Waals surface area contributed by atoms with Gasteiger partial charge in [0.2, 0.25) is 10.0 Å². The van der Waals surface area contributed by atoms with Crippen LogP contribution in [0.5, 0.6) is 0 Å². The van der Waals surface area contributed by atoms with Gasteiger partial charge in [-0.3, -0.25) is 4.90 Å². The summed E-state index contributed by atoms with van der Waals surface area (Å²) < 4.78 is 38.1. The molecular formula is C22H30N2O5S. The van der Waals surface area contributed by atoms with Gasteiger partial charge in [-0.05, 0) is 62.1 Å². The van der Waals surface area contributed by atoms with Gasteiger partial charge < -0.3 is 9.47 Å². The van der Waals surface area contributed by atoms with Crippen molar-refractivity contribution < 1.29 is 22.7 Å². The van der Waals surface area contributed by atoms with Gasteiger partial charge in [0.25, 0.3) is 0 Å². The molecule has 30 heavy (non-hydrogen) atoms. The van der Waals surface area contributed by atoms with Crippen molar-refractivity contribution in [1.82, 2.24) is 9.62 Å². The van der Waals surface area contributed by atoms with Crippen molar-refractivity contribution >= 4 is 22.2 Å². The number of fused-ring (bicyclic) bond motifs is 5. The normalized spacial score (nSPS) is 33.3. The zero-order valence-electron chi connectivity index (χ0n) is 17.5. The summed E-state index contributed by atoms with van der Waals surface area (Å²) in [5.41, 5.74) is 2.35. The van der Waals surface area contributed by atoms with Crippen molar-refractivity contribution in [2.45, 2.75) is 69.2 Å². The number of hydrogen-bond acceptors (Lipinski definition) is 5. The number of sulfonamides is 1. The van der Waals surface area contributed by atoms with Crippen LogP contribution < -0.4 is 4.72 Å². The largest absolute Gasteiger partial charge is 0.418 e. The van der Waals surface area contributed by atoms with Crippen molar-refractivity contribution in [3.8, 4) is 0 Å². The Morgan fingerprint density at radius 1 is 1.13 bits per heavy atom. The molecule has 4 aliphatic rings. The summed E-state index contributed by atoms with van der Waals surface area (Å²) in [6, 6.07) is 7.29. The van der Waals surface area contributed by atoms with E-state index < -0.39 is 28.2 Å². The average Bonchev–Trinajstić information content (AvgIpc) is 3.00. The van der Waals surface area contributed by atoms with E-state index in [9.17, 15) is 13.2 Å². The van der Waals surface area contributed by atoms with Crippen LogP contribution in [-0.4, -0.2) is 56.5 Å². The van der Waals surface area contributed by atoms with E-state index in [4.69, 9.17) is 9.47 Å². The van der Waals surface area contributed by atoms with Gasteiger partial charge in [0, 0.05) is 12.1 Å². The van der Waals surface area contributed by atoms with Crippen molar-refractivity contribution in [3.63, 3.8) is 0 Å². The summed E-state index contributed by atoms with van der Waals surface area (Å²) in [5, 5.41) is 0. The lowest BCUT2D eigenvalue weighted by Crippen LogP contribution is -2.50. The molecule has 3 aliphatic heterocycles. The molecule has 1 aliphatic carbocycles. The van der Waals surface area contributed by atoms with Crippen LogP contribution in [0.2, 0.25) is 0 Å². The number of rotatable bonds is 2. The highest BCUT2D eigenvalue weighted by atomic mass is 32.2. The third-order valence-corrected chi connectivity index (χ3v) is 7.23. The molecule has 3 heterocycles. The quantitative estimate of drug-likeness (QED) is 0.773. The van der Waals surface area contributed by atoms with E-state index in [2.05, 4.69) is 16.9 Å². The van der Waals surface area contributed by atoms with Crippen LogP contribution in [0.3, 0.4) is 0 Å². The fourth-order valence-corrected chi connectivity index (χ4v) is 5.91. The smallest absolute Gasteiger partial charge is 0.415 e. The van der Waals surface area contributed by atoms with Crippen molar-refractivity contribution in [1.29, 1.82) is 0 Å². The number of carbonyl (C=O) groups is 1. The summed E-state index contributed by atoms with van der Waals surface area (Å²) in [4.78, 5) is 14.5. The molecule has 1 aromatic carbocycles. The Bertz CT molecular complexity index is 908. The first-order valence-corrected chi connectivity index (χ1v) is 12.5. The number of nitrogens with zero attached hydrogens (tertiary/aromatic N) is 1. The summed E-state index contributed by atoms with van der Waals surface area (Å²) in [5.74, 6) is 0.465. The van der Waals surface area contributed by atoms with Crippen LogP contribution in [0.25, 0.3) is 6.08 Å². The van der Waals surface area contributed by atoms with E-state index in [1.165, 1.54) is 11.8 Å². The highest BCUT2D eigenvalue weighted by Gasteiger charge is 2.44. The van der Waals surface area contributed by atoms with E-state index in [-0.39, 0.29) is 12.1 Å². The zero-order valence-corrected chi connectivity index (χ0v) is 18.3. The maximum absolute atomic E-state index is 12.9. The van der Waals surface area contributed by atoms with E-state index in [0.29, 0.717) is 18.9 Å². The van der Waals surface area contributed by atoms with Crippen LogP contribution in [0.4, 0.5) is 4.79 Å². The third kappa shape index (κ3) is 4.71. The maximum Gasteiger partial charge on any atom is 0.415 e. The van der Waals surface area contributed by atoms with Crippen LogP contribution in [0, 0.1) is 0 Å². The van der Waals surface area contributed by atoms with Crippen LogP contribution in [0.1, 0.15) is 56.1 Å². The van der Waals surface area contributed by atoms with E-state index >= 15 is 0 Å². The van der Waals surface area contributed by atoms with Crippen LogP contribution >= 0.6 is 0 Å². The highest BCUT2D eigenvalue weighted by Crippen LogP contribution is 2.37. The lowest BCUT2D eigenvalue weighted by molar-refractivity contribution is -0.00757. The molecule has 1 saturated heterocycles. The SMILES string of the molecule is C[C@@H]1C[C@H](NS(C)(=O)=O)[C@@H]2COC3CCC(CC3)c3ccccc3/C=C/OC(=O)N12. The number of amides is 1. The number of hydrogen-bond donors (Lipinski definition) is 1. The molecule has 164 valence electrons. The van der Waals surface area contributed by atoms with Gasteiger partial charge in [-0.2, -0.15) is 0 Å². The van der Waals surface area contributed by atoms with Crippen LogP contribution in [-0.2, 0) is 19.5 Å². The molecule has 5 rings (SSSR count). The number of nitrogens with one attached hydrogen (secondary N) is 1. The minimum absolute atomic E-state index is 0.125. The Morgan fingerprint density at radius 2 is 1.87 bits per heavy atom. The minimum atomic E-state index is -3.40. The van der Waals surface area contributed by atoms with Gasteiger partial charge in [-0.1, -0.05) is 24.3 Å². The molecule has 0 radical (unpaired) electrons. The van der Waals surface area contributed by atoms with Gasteiger partial charge in [0.1, 0.15) is 0 Å². The number of carbonyl (C=O) groups excluding carboxylic acids is 1. The average molecular weight is 435 g/mol. The predicted octanol–water partition coefficient (Wildman–Crippen LogP) is 3.23. The van der Waals surface area contributed by atoms with Gasteiger partial charge in [0.15, 0.2) is 0 Å². The molecule has 0 aromatic heterocycles. The van der Waals surface area contributed by atoms with E-state index in [1.807, 2.05) is 25.1 Å². The molecule has 2 bridgehead atoms. The third-order valence-electron chi connectivity index (χ3n) is 6.50. The molecule has 7 nitrogen and oxygen atoms in total. The lowest BCUT2D eigenvalue weighted by atomic mass is 9.81. The van der Waals surface area contributed by atoms with Crippen LogP contribution in [0.15, 0.2) is 30.5 Å². The Hall–Kier alpha value is -1.90. The topological polar surface area (TPSA) is 84.9 Å². The molecule has 1 saturated carbocycles. The van der Waals surface area contributed by atoms with E-state index in [0.717, 1.165) is 37.5 Å². The van der Waals surface area contributed by atoms with Crippen molar-refractivity contribution in [2.75, 3.05) is 12.9 Å². The molecular weight excluding hydrogens is 404 g/mol. The molecule has 8 heteroatoms. The summed E-state index contributed by atoms with van der Waals surface area (Å²) in [6.45, 7) is 2.20.